The van der Waals surface area contributed by atoms with Crippen molar-refractivity contribution < 1.29 is 47.8 Å². The minimum Gasteiger partial charge on any atom is -0.444 e. The van der Waals surface area contributed by atoms with Crippen molar-refractivity contribution >= 4 is 72.4 Å². The van der Waals surface area contributed by atoms with E-state index in [1.807, 2.05) is 57.2 Å². The molecule has 0 unspecified atom stereocenters. The summed E-state index contributed by atoms with van der Waals surface area (Å²) < 4.78 is 13.7. The minimum absolute atomic E-state index is 0. The Morgan fingerprint density at radius 1 is 0.864 bits per heavy atom. The number of carbonyl (C=O) groups excluding carboxylic acids is 3. The predicted octanol–water partition coefficient (Wildman–Crippen LogP) is 5.37. The Morgan fingerprint density at radius 2 is 1.23 bits per heavy atom. The van der Waals surface area contributed by atoms with Crippen molar-refractivity contribution in [2.24, 2.45) is 0 Å². The Hall–Kier alpha value is -1.10. The third-order valence-electron chi connectivity index (χ3n) is 5.48. The van der Waals surface area contributed by atoms with Crippen LogP contribution >= 0.6 is 54.5 Å². The SMILES string of the molecule is Brc1ccc(I)cc1.CC(C)(C)OC(=O)N1CC(=O)C1.CC(C)(C)OC(=O)N1CC(O)(c2ccc(Br)cc2)C1.[CH2-]CCC.[Li+]. The van der Waals surface area contributed by atoms with E-state index in [2.05, 4.69) is 80.4 Å². The van der Waals surface area contributed by atoms with E-state index in [-0.39, 0.29) is 56.9 Å². The van der Waals surface area contributed by atoms with Crippen LogP contribution < -0.4 is 18.9 Å². The molecule has 2 aliphatic rings. The first-order chi connectivity index (χ1) is 19.8. The number of halogens is 3. The number of β-amino-alcohol motifs (C(OH)–C–C–N with tert-alkyl or cyclic N) is 1. The maximum absolute atomic E-state index is 11.8. The van der Waals surface area contributed by atoms with Gasteiger partial charge in [-0.15, -0.1) is 0 Å². The summed E-state index contributed by atoms with van der Waals surface area (Å²) in [7, 11) is 0. The summed E-state index contributed by atoms with van der Waals surface area (Å²) in [4.78, 5) is 36.4. The number of nitrogens with zero attached hydrogens (tertiary/aromatic N) is 2. The molecule has 0 bridgehead atoms. The molecule has 240 valence electrons. The van der Waals surface area contributed by atoms with Gasteiger partial charge >= 0.3 is 31.0 Å². The quantitative estimate of drug-likeness (QED) is 0.248. The molecule has 0 aromatic heterocycles. The van der Waals surface area contributed by atoms with Gasteiger partial charge in [-0.25, -0.2) is 9.59 Å². The second kappa shape index (κ2) is 19.5. The number of hydrogen-bond donors (Lipinski definition) is 1. The van der Waals surface area contributed by atoms with Crippen LogP contribution in [0.4, 0.5) is 9.59 Å². The van der Waals surface area contributed by atoms with E-state index in [1.54, 1.807) is 20.8 Å². The van der Waals surface area contributed by atoms with Crippen LogP contribution in [0.5, 0.6) is 0 Å². The monoisotopic (exact) mass is 844 g/mol. The average molecular weight is 846 g/mol. The number of carbonyl (C=O) groups is 3. The molecule has 1 N–H and O–H groups in total. The summed E-state index contributed by atoms with van der Waals surface area (Å²) in [6.07, 6.45) is 1.50. The summed E-state index contributed by atoms with van der Waals surface area (Å²) in [6, 6.07) is 15.7. The van der Waals surface area contributed by atoms with E-state index >= 15 is 0 Å². The fourth-order valence-electron chi connectivity index (χ4n) is 3.25. The van der Waals surface area contributed by atoms with Gasteiger partial charge in [-0.3, -0.25) is 9.69 Å². The number of benzene rings is 2. The summed E-state index contributed by atoms with van der Waals surface area (Å²) in [5.41, 5.74) is -1.13. The van der Waals surface area contributed by atoms with Crippen molar-refractivity contribution in [2.45, 2.75) is 78.1 Å². The molecule has 2 fully saturated rings. The van der Waals surface area contributed by atoms with Crippen molar-refractivity contribution in [3.8, 4) is 0 Å². The third kappa shape index (κ3) is 17.0. The van der Waals surface area contributed by atoms with E-state index in [1.165, 1.54) is 19.8 Å². The van der Waals surface area contributed by atoms with Gasteiger partial charge in [0, 0.05) is 12.5 Å². The number of amides is 2. The van der Waals surface area contributed by atoms with Crippen molar-refractivity contribution in [2.75, 3.05) is 26.2 Å². The van der Waals surface area contributed by atoms with Crippen LogP contribution in [-0.4, -0.2) is 70.3 Å². The Kier molecular flexibility index (Phi) is 19.0. The zero-order chi connectivity index (χ0) is 33.0. The second-order valence-electron chi connectivity index (χ2n) is 12.0. The fraction of sp³-hybridized carbons (Fsp3) is 0.500. The zero-order valence-corrected chi connectivity index (χ0v) is 32.4. The summed E-state index contributed by atoms with van der Waals surface area (Å²) in [6.45, 7) is 17.5. The van der Waals surface area contributed by atoms with Gasteiger partial charge in [0.1, 0.15) is 16.8 Å². The Bertz CT molecular complexity index is 1150. The maximum Gasteiger partial charge on any atom is 1.00 e. The molecule has 8 nitrogen and oxygen atoms in total. The van der Waals surface area contributed by atoms with E-state index in [0.717, 1.165) is 20.9 Å². The molecule has 12 heteroatoms. The number of ether oxygens (including phenoxy) is 2. The largest absolute Gasteiger partial charge is 1.00 e. The van der Waals surface area contributed by atoms with Crippen LogP contribution in [0.25, 0.3) is 0 Å². The average Bonchev–Trinajstić information content (AvgIpc) is 2.86. The molecular formula is C32H44Br2ILiN2O6. The Balaban J connectivity index is 0.000000633. The zero-order valence-electron chi connectivity index (χ0n) is 27.1. The predicted molar refractivity (Wildman–Crippen MR) is 186 cm³/mol. The van der Waals surface area contributed by atoms with Crippen molar-refractivity contribution in [1.82, 2.24) is 9.80 Å². The van der Waals surface area contributed by atoms with Crippen LogP contribution in [0.1, 0.15) is 66.9 Å². The van der Waals surface area contributed by atoms with Gasteiger partial charge in [-0.05, 0) is 106 Å². The number of unbranched alkanes of at least 4 members (excludes halogenated alkanes) is 1. The molecule has 0 aliphatic carbocycles. The second-order valence-corrected chi connectivity index (χ2v) is 15.1. The Morgan fingerprint density at radius 3 is 1.55 bits per heavy atom. The minimum atomic E-state index is -0.961. The summed E-state index contributed by atoms with van der Waals surface area (Å²) >= 11 is 8.97. The van der Waals surface area contributed by atoms with Crippen LogP contribution in [0.2, 0.25) is 0 Å². The number of aliphatic hydroxyl groups is 1. The molecule has 0 radical (unpaired) electrons. The summed E-state index contributed by atoms with van der Waals surface area (Å²) in [5, 5.41) is 10.4. The molecule has 2 heterocycles. The van der Waals surface area contributed by atoms with Gasteiger partial charge in [0.25, 0.3) is 0 Å². The molecule has 2 aromatic rings. The fourth-order valence-corrected chi connectivity index (χ4v) is 4.14. The first kappa shape index (κ1) is 42.9. The van der Waals surface area contributed by atoms with Gasteiger partial charge in [0.15, 0.2) is 5.78 Å². The van der Waals surface area contributed by atoms with E-state index in [9.17, 15) is 19.5 Å². The smallest absolute Gasteiger partial charge is 0.444 e. The molecule has 44 heavy (non-hydrogen) atoms. The van der Waals surface area contributed by atoms with Crippen molar-refractivity contribution in [1.29, 1.82) is 0 Å². The molecular weight excluding hydrogens is 802 g/mol. The number of ketones is 1. The molecule has 2 aromatic carbocycles. The Labute approximate surface area is 305 Å². The van der Waals surface area contributed by atoms with Crippen LogP contribution in [0.3, 0.4) is 0 Å². The number of rotatable bonds is 2. The molecule has 4 rings (SSSR count). The van der Waals surface area contributed by atoms with Gasteiger partial charge < -0.3 is 26.4 Å². The van der Waals surface area contributed by atoms with Crippen LogP contribution in [0.15, 0.2) is 57.5 Å². The first-order valence-corrected chi connectivity index (χ1v) is 16.6. The van der Waals surface area contributed by atoms with Gasteiger partial charge in [-0.2, -0.15) is 6.42 Å². The number of Topliss-reactive ketones (excluding diaryl/α,β-unsaturated/α-hetero) is 1. The standard InChI is InChI=1S/C14H18BrNO3.C8H13NO3.C6H4BrI.C4H9.Li/c1-13(2,3)19-12(17)16-8-14(18,9-16)10-4-6-11(15)7-5-10;1-8(2,3)12-7(11)9-4-6(10)5-9;7-5-1-3-6(8)4-2-5;1-3-4-2;/h4-7,18H,8-9H2,1-3H3;4-5H2,1-3H3;1-4H;1,3-4H2,2H3;/q;;;-1;+1. The molecule has 0 atom stereocenters. The normalized spacial score (nSPS) is 14.8. The molecule has 2 saturated heterocycles. The van der Waals surface area contributed by atoms with Crippen molar-refractivity contribution in [3.05, 3.63) is 73.5 Å². The number of hydrogen-bond acceptors (Lipinski definition) is 6. The third-order valence-corrected chi connectivity index (χ3v) is 7.26. The van der Waals surface area contributed by atoms with Gasteiger partial charge in [0.05, 0.1) is 26.2 Å². The maximum atomic E-state index is 11.8. The topological polar surface area (TPSA) is 96.4 Å². The first-order valence-electron chi connectivity index (χ1n) is 13.9. The molecule has 0 spiro atoms. The van der Waals surface area contributed by atoms with E-state index < -0.39 is 22.9 Å². The van der Waals surface area contributed by atoms with E-state index in [0.29, 0.717) is 0 Å². The van der Waals surface area contributed by atoms with Gasteiger partial charge in [-0.1, -0.05) is 57.3 Å². The number of likely N-dealkylation sites (tertiary alicyclic amines) is 2. The van der Waals surface area contributed by atoms with Gasteiger partial charge in [0.2, 0.25) is 0 Å². The molecule has 2 amide bonds. The van der Waals surface area contributed by atoms with Crippen LogP contribution in [-0.2, 0) is 19.9 Å². The van der Waals surface area contributed by atoms with Crippen molar-refractivity contribution in [3.63, 3.8) is 0 Å². The van der Waals surface area contributed by atoms with Crippen LogP contribution in [0, 0.1) is 10.5 Å². The molecule has 2 aliphatic heterocycles. The molecule has 0 saturated carbocycles. The van der Waals surface area contributed by atoms with E-state index in [4.69, 9.17) is 9.47 Å². The summed E-state index contributed by atoms with van der Waals surface area (Å²) in [5.74, 6) is 0.0841.